The fraction of sp³-hybridized carbons (Fsp3) is 0.400. The van der Waals surface area contributed by atoms with Crippen LogP contribution in [0.1, 0.15) is 37.9 Å². The fourth-order valence-electron chi connectivity index (χ4n) is 2.75. The molecule has 0 saturated heterocycles. The normalized spacial score (nSPS) is 16.3. The quantitative estimate of drug-likeness (QED) is 0.385. The van der Waals surface area contributed by atoms with Crippen molar-refractivity contribution in [2.24, 2.45) is 0 Å². The van der Waals surface area contributed by atoms with Crippen LogP contribution in [-0.2, 0) is 24.6 Å². The van der Waals surface area contributed by atoms with Gasteiger partial charge in [-0.05, 0) is 45.4 Å². The predicted octanol–water partition coefficient (Wildman–Crippen LogP) is 5.57. The molecule has 0 unspecified atom stereocenters. The number of nitrogens with one attached hydrogen (secondary N) is 1. The zero-order chi connectivity index (χ0) is 20.8. The third-order valence-electron chi connectivity index (χ3n) is 4.25. The summed E-state index contributed by atoms with van der Waals surface area (Å²) in [5.41, 5.74) is 1.81. The highest BCUT2D eigenvalue weighted by atomic mass is 35.5. The highest BCUT2D eigenvalue weighted by Gasteiger charge is 2.52. The first-order valence-electron chi connectivity index (χ1n) is 9.12. The molecule has 0 spiro atoms. The minimum absolute atomic E-state index is 0.183. The standard InChI is InChI=1S/C20H27ClNO4PS/c1-5-25-27(23,26-6-2)20(4,21)19(17-10-8-7-9-11-17)22-28(24)18-14-12-16(3)13-15-18/h7-15,19,22H,5-6H2,1-4H3/t19-,20+,28+/m1/s1. The van der Waals surface area contributed by atoms with Crippen LogP contribution in [0.2, 0.25) is 0 Å². The highest BCUT2D eigenvalue weighted by molar-refractivity contribution is 7.83. The largest absolute Gasteiger partial charge is 0.353 e. The van der Waals surface area contributed by atoms with Gasteiger partial charge in [0.2, 0.25) is 0 Å². The maximum absolute atomic E-state index is 13.5. The molecule has 2 aromatic carbocycles. The molecule has 0 aromatic heterocycles. The zero-order valence-corrected chi connectivity index (χ0v) is 19.0. The van der Waals surface area contributed by atoms with Crippen LogP contribution in [0.5, 0.6) is 0 Å². The van der Waals surface area contributed by atoms with Crippen molar-refractivity contribution in [2.45, 2.75) is 43.2 Å². The van der Waals surface area contributed by atoms with Crippen LogP contribution in [-0.4, -0.2) is 22.0 Å². The van der Waals surface area contributed by atoms with Gasteiger partial charge in [-0.2, -0.15) is 0 Å². The van der Waals surface area contributed by atoms with Gasteiger partial charge in [-0.1, -0.05) is 48.0 Å². The minimum Gasteiger partial charge on any atom is -0.308 e. The smallest absolute Gasteiger partial charge is 0.308 e. The predicted molar refractivity (Wildman–Crippen MR) is 115 cm³/mol. The Hall–Kier alpha value is -1.01. The van der Waals surface area contributed by atoms with Gasteiger partial charge in [-0.3, -0.25) is 4.57 Å². The van der Waals surface area contributed by atoms with E-state index in [-0.39, 0.29) is 13.2 Å². The second-order valence-electron chi connectivity index (χ2n) is 6.40. The zero-order valence-electron chi connectivity index (χ0n) is 16.6. The monoisotopic (exact) mass is 443 g/mol. The lowest BCUT2D eigenvalue weighted by atomic mass is 10.1. The Balaban J connectivity index is 2.45. The molecule has 0 amide bonds. The molecule has 28 heavy (non-hydrogen) atoms. The van der Waals surface area contributed by atoms with Crippen LogP contribution in [0.15, 0.2) is 59.5 Å². The average Bonchev–Trinajstić information content (AvgIpc) is 2.67. The number of rotatable bonds is 10. The fourth-order valence-corrected chi connectivity index (χ4v) is 6.27. The Morgan fingerprint density at radius 3 is 2.11 bits per heavy atom. The summed E-state index contributed by atoms with van der Waals surface area (Å²) in [5.74, 6) is 0. The number of halogens is 1. The number of hydrogen-bond acceptors (Lipinski definition) is 4. The first-order chi connectivity index (χ1) is 13.2. The lowest BCUT2D eigenvalue weighted by Crippen LogP contribution is -2.39. The van der Waals surface area contributed by atoms with Crippen molar-refractivity contribution in [2.75, 3.05) is 13.2 Å². The topological polar surface area (TPSA) is 64.6 Å². The molecule has 0 saturated carbocycles. The van der Waals surface area contributed by atoms with Crippen molar-refractivity contribution in [3.8, 4) is 0 Å². The van der Waals surface area contributed by atoms with Gasteiger partial charge in [0.25, 0.3) is 0 Å². The lowest BCUT2D eigenvalue weighted by Gasteiger charge is -2.37. The summed E-state index contributed by atoms with van der Waals surface area (Å²) < 4.78 is 39.1. The van der Waals surface area contributed by atoms with E-state index in [0.717, 1.165) is 11.1 Å². The molecule has 8 heteroatoms. The molecule has 0 fully saturated rings. The van der Waals surface area contributed by atoms with Crippen molar-refractivity contribution in [1.29, 1.82) is 0 Å². The second-order valence-corrected chi connectivity index (χ2v) is 11.1. The van der Waals surface area contributed by atoms with Crippen molar-refractivity contribution < 1.29 is 17.8 Å². The first kappa shape index (κ1) is 23.3. The van der Waals surface area contributed by atoms with Crippen molar-refractivity contribution in [3.05, 3.63) is 65.7 Å². The van der Waals surface area contributed by atoms with E-state index in [4.69, 9.17) is 20.6 Å². The van der Waals surface area contributed by atoms with E-state index in [1.807, 2.05) is 49.4 Å². The Morgan fingerprint density at radius 1 is 1.07 bits per heavy atom. The van der Waals surface area contributed by atoms with Gasteiger partial charge in [0, 0.05) is 0 Å². The molecule has 0 heterocycles. The Kier molecular flexibility index (Phi) is 8.44. The molecule has 154 valence electrons. The Labute approximate surface area is 174 Å². The summed E-state index contributed by atoms with van der Waals surface area (Å²) in [6.45, 7) is 7.38. The van der Waals surface area contributed by atoms with Crippen LogP contribution in [0, 0.1) is 6.92 Å². The third-order valence-corrected chi connectivity index (χ3v) is 8.77. The number of aryl methyl sites for hydroxylation is 1. The van der Waals surface area contributed by atoms with Crippen LogP contribution < -0.4 is 4.72 Å². The highest BCUT2D eigenvalue weighted by Crippen LogP contribution is 2.66. The summed E-state index contributed by atoms with van der Waals surface area (Å²) in [4.78, 5) is 0.599. The molecule has 3 atom stereocenters. The molecule has 0 aliphatic heterocycles. The SMILES string of the molecule is CCOP(=O)(OCC)[C@](C)(Cl)[C@H](N[S@@](=O)c1ccc(C)cc1)c1ccccc1. The molecular weight excluding hydrogens is 417 g/mol. The molecule has 1 N–H and O–H groups in total. The van der Waals surface area contributed by atoms with Gasteiger partial charge in [-0.15, -0.1) is 11.6 Å². The van der Waals surface area contributed by atoms with Gasteiger partial charge in [-0.25, -0.2) is 8.93 Å². The molecular formula is C20H27ClNO4PS. The van der Waals surface area contributed by atoms with E-state index in [0.29, 0.717) is 4.90 Å². The van der Waals surface area contributed by atoms with E-state index < -0.39 is 29.2 Å². The van der Waals surface area contributed by atoms with Crippen LogP contribution in [0.25, 0.3) is 0 Å². The molecule has 0 bridgehead atoms. The average molecular weight is 444 g/mol. The van der Waals surface area contributed by atoms with Crippen molar-refractivity contribution >= 4 is 30.2 Å². The van der Waals surface area contributed by atoms with E-state index in [1.54, 1.807) is 32.9 Å². The summed E-state index contributed by atoms with van der Waals surface area (Å²) in [6, 6.07) is 15.8. The first-order valence-corrected chi connectivity index (χ1v) is 12.2. The van der Waals surface area contributed by atoms with Gasteiger partial charge in [0.05, 0.1) is 24.2 Å². The molecule has 2 rings (SSSR count). The maximum Gasteiger partial charge on any atom is 0.353 e. The van der Waals surface area contributed by atoms with Crippen LogP contribution in [0.3, 0.4) is 0 Å². The molecule has 0 aliphatic rings. The number of alkyl halides is 1. The lowest BCUT2D eigenvalue weighted by molar-refractivity contribution is 0.204. The number of benzene rings is 2. The minimum atomic E-state index is -3.73. The molecule has 0 radical (unpaired) electrons. The molecule has 5 nitrogen and oxygen atoms in total. The summed E-state index contributed by atoms with van der Waals surface area (Å²) in [5, 5.41) is 0. The summed E-state index contributed by atoms with van der Waals surface area (Å²) in [7, 11) is -5.31. The van der Waals surface area contributed by atoms with Crippen LogP contribution >= 0.6 is 19.2 Å². The second kappa shape index (κ2) is 10.1. The molecule has 2 aromatic rings. The summed E-state index contributed by atoms with van der Waals surface area (Å²) in [6.07, 6.45) is 0. The van der Waals surface area contributed by atoms with E-state index >= 15 is 0 Å². The third kappa shape index (κ3) is 5.32. The Bertz CT molecular complexity index is 820. The molecule has 0 aliphatic carbocycles. The maximum atomic E-state index is 13.5. The number of hydrogen-bond donors (Lipinski definition) is 1. The van der Waals surface area contributed by atoms with Gasteiger partial charge in [0.1, 0.15) is 11.0 Å². The van der Waals surface area contributed by atoms with E-state index in [2.05, 4.69) is 4.72 Å². The van der Waals surface area contributed by atoms with E-state index in [9.17, 15) is 8.77 Å². The van der Waals surface area contributed by atoms with Crippen molar-refractivity contribution in [3.63, 3.8) is 0 Å². The van der Waals surface area contributed by atoms with Gasteiger partial charge in [0.15, 0.2) is 4.62 Å². The van der Waals surface area contributed by atoms with Gasteiger partial charge < -0.3 is 9.05 Å². The van der Waals surface area contributed by atoms with Crippen molar-refractivity contribution in [1.82, 2.24) is 4.72 Å². The Morgan fingerprint density at radius 2 is 1.61 bits per heavy atom. The van der Waals surface area contributed by atoms with Crippen LogP contribution in [0.4, 0.5) is 0 Å². The van der Waals surface area contributed by atoms with E-state index in [1.165, 1.54) is 0 Å². The summed E-state index contributed by atoms with van der Waals surface area (Å²) >= 11 is 6.85. The van der Waals surface area contributed by atoms with Gasteiger partial charge >= 0.3 is 7.60 Å².